The monoisotopic (exact) mass is 381 g/mol. The summed E-state index contributed by atoms with van der Waals surface area (Å²) >= 11 is 0. The van der Waals surface area contributed by atoms with Crippen molar-refractivity contribution in [3.63, 3.8) is 0 Å². The molecular formula is C23H27NO4. The van der Waals surface area contributed by atoms with Gasteiger partial charge in [0.25, 0.3) is 0 Å². The average molecular weight is 381 g/mol. The Bertz CT molecular complexity index is 870. The highest BCUT2D eigenvalue weighted by Crippen LogP contribution is 2.59. The van der Waals surface area contributed by atoms with Crippen molar-refractivity contribution in [1.29, 1.82) is 5.26 Å². The second-order valence-electron chi connectivity index (χ2n) is 9.24. The summed E-state index contributed by atoms with van der Waals surface area (Å²) in [5.41, 5.74) is 1.92. The molecule has 0 bridgehead atoms. The maximum atomic E-state index is 12.7. The number of allylic oxidation sites excluding steroid dienone is 1. The van der Waals surface area contributed by atoms with Gasteiger partial charge in [0.1, 0.15) is 11.7 Å². The molecule has 2 aliphatic rings. The molecule has 2 aliphatic carbocycles. The van der Waals surface area contributed by atoms with Crippen LogP contribution in [-0.4, -0.2) is 23.6 Å². The molecule has 0 aromatic heterocycles. The van der Waals surface area contributed by atoms with Gasteiger partial charge in [-0.05, 0) is 49.3 Å². The first kappa shape index (κ1) is 20.1. The van der Waals surface area contributed by atoms with Crippen LogP contribution in [-0.2, 0) is 31.9 Å². The summed E-state index contributed by atoms with van der Waals surface area (Å²) in [4.78, 5) is 24.6. The number of esters is 2. The molecule has 0 amide bonds. The van der Waals surface area contributed by atoms with Crippen LogP contribution in [0.3, 0.4) is 0 Å². The lowest BCUT2D eigenvalue weighted by molar-refractivity contribution is -0.151. The van der Waals surface area contributed by atoms with Gasteiger partial charge in [0.05, 0.1) is 17.6 Å². The first-order valence-electron chi connectivity index (χ1n) is 9.65. The van der Waals surface area contributed by atoms with E-state index in [0.29, 0.717) is 18.4 Å². The molecule has 0 spiro atoms. The van der Waals surface area contributed by atoms with Crippen LogP contribution in [0.2, 0.25) is 0 Å². The Morgan fingerprint density at radius 1 is 1.25 bits per heavy atom. The fraction of sp³-hybridized carbons (Fsp3) is 0.522. The lowest BCUT2D eigenvalue weighted by Crippen LogP contribution is -2.22. The Kier molecular flexibility index (Phi) is 5.10. The van der Waals surface area contributed by atoms with E-state index in [2.05, 4.69) is 6.07 Å². The van der Waals surface area contributed by atoms with E-state index in [4.69, 9.17) is 9.47 Å². The van der Waals surface area contributed by atoms with Gasteiger partial charge in [0, 0.05) is 18.9 Å². The Morgan fingerprint density at radius 2 is 1.96 bits per heavy atom. The van der Waals surface area contributed by atoms with Gasteiger partial charge < -0.3 is 9.47 Å². The zero-order valence-corrected chi connectivity index (χ0v) is 17.1. The summed E-state index contributed by atoms with van der Waals surface area (Å²) in [6.45, 7) is 9.45. The molecule has 5 nitrogen and oxygen atoms in total. The fourth-order valence-corrected chi connectivity index (χ4v) is 4.04. The highest BCUT2D eigenvalue weighted by Gasteiger charge is 2.61. The predicted molar refractivity (Wildman–Crippen MR) is 104 cm³/mol. The van der Waals surface area contributed by atoms with Crippen LogP contribution in [0, 0.1) is 28.6 Å². The summed E-state index contributed by atoms with van der Waals surface area (Å²) in [6, 6.07) is 7.85. The van der Waals surface area contributed by atoms with E-state index in [1.54, 1.807) is 12.1 Å². The molecule has 0 heterocycles. The van der Waals surface area contributed by atoms with Crippen LogP contribution in [0.25, 0.3) is 0 Å². The molecule has 148 valence electrons. The van der Waals surface area contributed by atoms with Gasteiger partial charge in [-0.15, -0.1) is 0 Å². The minimum atomic E-state index is -0.543. The number of nitrogens with zero attached hydrogens (tertiary/aromatic N) is 1. The molecule has 28 heavy (non-hydrogen) atoms. The van der Waals surface area contributed by atoms with Crippen molar-refractivity contribution in [3.8, 4) is 6.07 Å². The fourth-order valence-electron chi connectivity index (χ4n) is 4.04. The van der Waals surface area contributed by atoms with Gasteiger partial charge in [-0.25, -0.2) is 4.79 Å². The molecule has 0 radical (unpaired) electrons. The lowest BCUT2D eigenvalue weighted by atomic mass is 10.0. The normalized spacial score (nSPS) is 25.1. The van der Waals surface area contributed by atoms with Gasteiger partial charge in [-0.3, -0.25) is 4.79 Å². The summed E-state index contributed by atoms with van der Waals surface area (Å²) < 4.78 is 11.0. The van der Waals surface area contributed by atoms with Gasteiger partial charge in [-0.2, -0.15) is 5.26 Å². The number of hydrogen-bond donors (Lipinski definition) is 0. The SMILES string of the molecule is CC(C)(C)OC(=O)C=C[C@@H]1[C@H](C(=O)OC2Cc3cccc(C#N)c3C2)C1(C)C. The predicted octanol–water partition coefficient (Wildman–Crippen LogP) is 3.74. The first-order valence-corrected chi connectivity index (χ1v) is 9.65. The van der Waals surface area contributed by atoms with Gasteiger partial charge >= 0.3 is 11.9 Å². The molecule has 1 fully saturated rings. The number of hydrogen-bond acceptors (Lipinski definition) is 5. The van der Waals surface area contributed by atoms with Crippen molar-refractivity contribution in [2.24, 2.45) is 17.3 Å². The molecule has 1 aromatic carbocycles. The van der Waals surface area contributed by atoms with Crippen LogP contribution in [0.5, 0.6) is 0 Å². The van der Waals surface area contributed by atoms with Crippen molar-refractivity contribution in [1.82, 2.24) is 0 Å². The van der Waals surface area contributed by atoms with Crippen LogP contribution in [0.15, 0.2) is 30.4 Å². The van der Waals surface area contributed by atoms with Crippen LogP contribution >= 0.6 is 0 Å². The molecule has 0 aliphatic heterocycles. The number of ether oxygens (including phenoxy) is 2. The van der Waals surface area contributed by atoms with Gasteiger partial charge in [-0.1, -0.05) is 32.1 Å². The number of carbonyl (C=O) groups is 2. The van der Waals surface area contributed by atoms with E-state index in [1.807, 2.05) is 46.8 Å². The standard InChI is InChI=1S/C23H27NO4/c1-22(2,3)28-19(25)10-9-18-20(23(18,4)5)21(26)27-16-11-14-7-6-8-15(13-24)17(14)12-16/h6-10,16,18,20H,11-12H2,1-5H3/t16?,18-,20-/m1/s1. The summed E-state index contributed by atoms with van der Waals surface area (Å²) in [5, 5.41) is 9.24. The third kappa shape index (κ3) is 4.11. The van der Waals surface area contributed by atoms with Crippen molar-refractivity contribution < 1.29 is 19.1 Å². The topological polar surface area (TPSA) is 76.4 Å². The van der Waals surface area contributed by atoms with Crippen molar-refractivity contribution in [2.45, 2.75) is 59.2 Å². The minimum absolute atomic E-state index is 0.0500. The third-order valence-corrected chi connectivity index (χ3v) is 5.57. The molecule has 3 rings (SSSR count). The quantitative estimate of drug-likeness (QED) is 0.587. The highest BCUT2D eigenvalue weighted by molar-refractivity contribution is 5.83. The maximum absolute atomic E-state index is 12.7. The second kappa shape index (κ2) is 7.09. The number of benzene rings is 1. The highest BCUT2D eigenvalue weighted by atomic mass is 16.6. The molecule has 5 heteroatoms. The minimum Gasteiger partial charge on any atom is -0.461 e. The zero-order chi connectivity index (χ0) is 20.7. The summed E-state index contributed by atoms with van der Waals surface area (Å²) in [5.74, 6) is -0.964. The second-order valence-corrected chi connectivity index (χ2v) is 9.24. The van der Waals surface area contributed by atoms with E-state index in [-0.39, 0.29) is 29.3 Å². The first-order chi connectivity index (χ1) is 13.0. The van der Waals surface area contributed by atoms with Crippen LogP contribution in [0.4, 0.5) is 0 Å². The number of carbonyl (C=O) groups excluding carboxylic acids is 2. The van der Waals surface area contributed by atoms with E-state index >= 15 is 0 Å². The summed E-state index contributed by atoms with van der Waals surface area (Å²) in [7, 11) is 0. The largest absolute Gasteiger partial charge is 0.461 e. The lowest BCUT2D eigenvalue weighted by Gasteiger charge is -2.17. The summed E-state index contributed by atoms with van der Waals surface area (Å²) in [6.07, 6.45) is 4.16. The Hall–Kier alpha value is -2.61. The molecule has 3 atom stereocenters. The Morgan fingerprint density at radius 3 is 2.61 bits per heavy atom. The average Bonchev–Trinajstić information content (AvgIpc) is 2.91. The van der Waals surface area contributed by atoms with Crippen molar-refractivity contribution in [2.75, 3.05) is 0 Å². The third-order valence-electron chi connectivity index (χ3n) is 5.57. The van der Waals surface area contributed by atoms with Crippen molar-refractivity contribution >= 4 is 11.9 Å². The molecule has 0 saturated heterocycles. The molecule has 1 saturated carbocycles. The zero-order valence-electron chi connectivity index (χ0n) is 17.1. The smallest absolute Gasteiger partial charge is 0.330 e. The number of nitriles is 1. The molecule has 0 N–H and O–H groups in total. The van der Waals surface area contributed by atoms with Crippen LogP contribution < -0.4 is 0 Å². The number of fused-ring (bicyclic) bond motifs is 1. The van der Waals surface area contributed by atoms with E-state index in [1.165, 1.54) is 6.08 Å². The van der Waals surface area contributed by atoms with Crippen molar-refractivity contribution in [3.05, 3.63) is 47.0 Å². The molecular weight excluding hydrogens is 354 g/mol. The Labute approximate surface area is 166 Å². The number of rotatable bonds is 4. The molecule has 1 unspecified atom stereocenters. The van der Waals surface area contributed by atoms with Crippen LogP contribution in [0.1, 0.15) is 51.3 Å². The Balaban J connectivity index is 1.60. The van der Waals surface area contributed by atoms with E-state index in [9.17, 15) is 14.9 Å². The van der Waals surface area contributed by atoms with Gasteiger partial charge in [0.2, 0.25) is 0 Å². The van der Waals surface area contributed by atoms with E-state index in [0.717, 1.165) is 11.1 Å². The maximum Gasteiger partial charge on any atom is 0.330 e. The van der Waals surface area contributed by atoms with Gasteiger partial charge in [0.15, 0.2) is 0 Å². The van der Waals surface area contributed by atoms with E-state index < -0.39 is 11.6 Å². The molecule has 1 aromatic rings.